The van der Waals surface area contributed by atoms with Crippen molar-refractivity contribution in [2.24, 2.45) is 0 Å². The number of hydrogen-bond acceptors (Lipinski definition) is 2. The maximum atomic E-state index is 12.1. The maximum absolute atomic E-state index is 12.1. The van der Waals surface area contributed by atoms with Gasteiger partial charge in [-0.05, 0) is 13.8 Å². The Morgan fingerprint density at radius 2 is 1.39 bits per heavy atom. The van der Waals surface area contributed by atoms with Crippen LogP contribution >= 0.6 is 0 Å². The molecule has 0 aromatic rings. The van der Waals surface area contributed by atoms with Crippen molar-refractivity contribution in [3.63, 3.8) is 0 Å². The molecule has 0 fully saturated rings. The van der Waals surface area contributed by atoms with E-state index in [0.717, 1.165) is 0 Å². The average molecular weight is 281 g/mol. The molecular weight excluding hydrogens is 268 g/mol. The van der Waals surface area contributed by atoms with Crippen LogP contribution in [0.3, 0.4) is 0 Å². The Bertz CT molecular complexity index is 280. The molecule has 1 amide bonds. The van der Waals surface area contributed by atoms with Crippen molar-refractivity contribution in [1.82, 2.24) is 5.32 Å². The van der Waals surface area contributed by atoms with E-state index in [4.69, 9.17) is 0 Å². The number of rotatable bonds is 4. The third-order valence-corrected chi connectivity index (χ3v) is 1.83. The first-order chi connectivity index (χ1) is 7.75. The minimum absolute atomic E-state index is 0.689. The van der Waals surface area contributed by atoms with E-state index in [2.05, 4.69) is 0 Å². The Morgan fingerprint density at radius 3 is 1.61 bits per heavy atom. The van der Waals surface area contributed by atoms with Crippen molar-refractivity contribution in [2.45, 2.75) is 50.7 Å². The molecule has 0 aliphatic heterocycles. The fraction of sp³-hybridized carbons (Fsp3) is 0.889. The molecule has 0 aromatic carbocycles. The second-order valence-corrected chi connectivity index (χ2v) is 4.24. The molecule has 18 heavy (non-hydrogen) atoms. The van der Waals surface area contributed by atoms with E-state index in [0.29, 0.717) is 0 Å². The minimum Gasteiger partial charge on any atom is -0.379 e. The molecule has 0 aromatic heterocycles. The summed E-state index contributed by atoms with van der Waals surface area (Å²) >= 11 is 0. The van der Waals surface area contributed by atoms with E-state index in [1.165, 1.54) is 13.8 Å². The van der Waals surface area contributed by atoms with Gasteiger partial charge in [0.05, 0.1) is 12.8 Å². The van der Waals surface area contributed by atoms with Gasteiger partial charge in [0.1, 0.15) is 0 Å². The van der Waals surface area contributed by atoms with E-state index < -0.39 is 42.7 Å². The van der Waals surface area contributed by atoms with Gasteiger partial charge in [0, 0.05) is 6.04 Å². The van der Waals surface area contributed by atoms with Crippen LogP contribution in [-0.4, -0.2) is 35.0 Å². The van der Waals surface area contributed by atoms with Gasteiger partial charge in [-0.3, -0.25) is 4.79 Å². The van der Waals surface area contributed by atoms with Gasteiger partial charge >= 0.3 is 12.4 Å². The van der Waals surface area contributed by atoms with E-state index in [1.54, 1.807) is 0 Å². The van der Waals surface area contributed by atoms with Gasteiger partial charge in [0.25, 0.3) is 5.91 Å². The maximum Gasteiger partial charge on any atom is 0.392 e. The van der Waals surface area contributed by atoms with Crippen LogP contribution < -0.4 is 5.32 Å². The highest BCUT2D eigenvalue weighted by Gasteiger charge is 2.52. The van der Waals surface area contributed by atoms with Gasteiger partial charge in [-0.1, -0.05) is 0 Å². The van der Waals surface area contributed by atoms with Gasteiger partial charge < -0.3 is 10.4 Å². The normalized spacial score (nSPS) is 13.9. The first kappa shape index (κ1) is 17.0. The van der Waals surface area contributed by atoms with Crippen molar-refractivity contribution >= 4 is 5.91 Å². The van der Waals surface area contributed by atoms with Crippen molar-refractivity contribution in [3.05, 3.63) is 0 Å². The molecule has 0 radical (unpaired) electrons. The molecule has 0 saturated heterocycles. The number of aliphatic hydroxyl groups is 1. The van der Waals surface area contributed by atoms with Crippen LogP contribution in [0.25, 0.3) is 0 Å². The predicted molar refractivity (Wildman–Crippen MR) is 49.6 cm³/mol. The lowest BCUT2D eigenvalue weighted by molar-refractivity contribution is -0.217. The molecule has 0 aliphatic carbocycles. The first-order valence-corrected chi connectivity index (χ1v) is 4.92. The van der Waals surface area contributed by atoms with Gasteiger partial charge in [-0.2, -0.15) is 26.3 Å². The topological polar surface area (TPSA) is 49.3 Å². The van der Waals surface area contributed by atoms with Crippen LogP contribution in [0, 0.1) is 0 Å². The minimum atomic E-state index is -5.09. The summed E-state index contributed by atoms with van der Waals surface area (Å²) < 4.78 is 72.7. The second kappa shape index (κ2) is 5.33. The summed E-state index contributed by atoms with van der Waals surface area (Å²) in [7, 11) is 0. The summed E-state index contributed by atoms with van der Waals surface area (Å²) in [5.74, 6) is -1.69. The molecule has 0 spiro atoms. The molecule has 0 aliphatic rings. The second-order valence-electron chi connectivity index (χ2n) is 4.24. The Kier molecular flexibility index (Phi) is 5.04. The zero-order valence-electron chi connectivity index (χ0n) is 9.61. The zero-order valence-corrected chi connectivity index (χ0v) is 9.61. The van der Waals surface area contributed by atoms with Crippen molar-refractivity contribution in [1.29, 1.82) is 0 Å². The molecule has 0 unspecified atom stereocenters. The summed E-state index contributed by atoms with van der Waals surface area (Å²) in [5.41, 5.74) is -3.54. The summed E-state index contributed by atoms with van der Waals surface area (Å²) in [5, 5.41) is 11.2. The van der Waals surface area contributed by atoms with Crippen LogP contribution in [-0.2, 0) is 4.79 Å². The van der Waals surface area contributed by atoms with Gasteiger partial charge in [0.15, 0.2) is 5.60 Å². The van der Waals surface area contributed by atoms with Crippen LogP contribution in [0.15, 0.2) is 0 Å². The number of carbonyl (C=O) groups excluding carboxylic acids is 1. The monoisotopic (exact) mass is 281 g/mol. The Morgan fingerprint density at radius 1 is 1.06 bits per heavy atom. The molecule has 0 atom stereocenters. The Hall–Kier alpha value is -0.990. The lowest BCUT2D eigenvalue weighted by Gasteiger charge is -2.29. The number of halogens is 6. The number of amides is 1. The predicted octanol–water partition coefficient (Wildman–Crippen LogP) is 2.15. The molecule has 9 heteroatoms. The molecule has 3 nitrogen and oxygen atoms in total. The van der Waals surface area contributed by atoms with Crippen molar-refractivity contribution in [3.8, 4) is 0 Å². The summed E-state index contributed by atoms with van der Waals surface area (Å²) in [4.78, 5) is 11.3. The largest absolute Gasteiger partial charge is 0.392 e. The highest BCUT2D eigenvalue weighted by molar-refractivity contribution is 5.85. The van der Waals surface area contributed by atoms with E-state index in [-0.39, 0.29) is 0 Å². The molecule has 108 valence electrons. The number of nitrogens with one attached hydrogen (secondary N) is 1. The molecule has 0 bridgehead atoms. The quantitative estimate of drug-likeness (QED) is 0.776. The van der Waals surface area contributed by atoms with Crippen LogP contribution in [0.5, 0.6) is 0 Å². The Labute approximate surface area is 99.2 Å². The number of alkyl halides is 6. The van der Waals surface area contributed by atoms with E-state index in [9.17, 15) is 36.2 Å². The van der Waals surface area contributed by atoms with Gasteiger partial charge in [-0.15, -0.1) is 0 Å². The van der Waals surface area contributed by atoms with Crippen LogP contribution in [0.4, 0.5) is 26.3 Å². The SMILES string of the molecule is CC(C)NC(=O)C(O)(CC(F)(F)F)CC(F)(F)F. The van der Waals surface area contributed by atoms with Crippen LogP contribution in [0.2, 0.25) is 0 Å². The standard InChI is InChI=1S/C9H13F6NO2/c1-5(2)16-6(17)7(18,3-8(10,11)12)4-9(13,14)15/h5,18H,3-4H2,1-2H3,(H,16,17). The highest BCUT2D eigenvalue weighted by atomic mass is 19.4. The molecule has 2 N–H and O–H groups in total. The zero-order chi connectivity index (χ0) is 14.8. The number of carbonyl (C=O) groups is 1. The smallest absolute Gasteiger partial charge is 0.379 e. The molecular formula is C9H13F6NO2. The lowest BCUT2D eigenvalue weighted by atomic mass is 9.93. The molecule has 0 rings (SSSR count). The Balaban J connectivity index is 5.09. The third kappa shape index (κ3) is 6.67. The summed E-state index contributed by atoms with van der Waals surface area (Å²) in [6, 6.07) is -0.689. The van der Waals surface area contributed by atoms with E-state index in [1.807, 2.05) is 5.32 Å². The third-order valence-electron chi connectivity index (χ3n) is 1.83. The molecule has 0 saturated carbocycles. The van der Waals surface area contributed by atoms with Crippen molar-refractivity contribution in [2.75, 3.05) is 0 Å². The molecule has 0 heterocycles. The fourth-order valence-electron chi connectivity index (χ4n) is 1.28. The lowest BCUT2D eigenvalue weighted by Crippen LogP contribution is -2.53. The summed E-state index contributed by atoms with van der Waals surface area (Å²) in [6.07, 6.45) is -14.7. The average Bonchev–Trinajstić information content (AvgIpc) is 1.93. The number of hydrogen-bond donors (Lipinski definition) is 2. The van der Waals surface area contributed by atoms with Gasteiger partial charge in [0.2, 0.25) is 0 Å². The van der Waals surface area contributed by atoms with Crippen molar-refractivity contribution < 1.29 is 36.2 Å². The van der Waals surface area contributed by atoms with E-state index >= 15 is 0 Å². The highest BCUT2D eigenvalue weighted by Crippen LogP contribution is 2.36. The van der Waals surface area contributed by atoms with Crippen LogP contribution in [0.1, 0.15) is 26.7 Å². The fourth-order valence-corrected chi connectivity index (χ4v) is 1.28. The first-order valence-electron chi connectivity index (χ1n) is 4.92. The van der Waals surface area contributed by atoms with Gasteiger partial charge in [-0.25, -0.2) is 0 Å². The summed E-state index contributed by atoms with van der Waals surface area (Å²) in [6.45, 7) is 2.69.